The normalized spacial score (nSPS) is 10.3. The van der Waals surface area contributed by atoms with Gasteiger partial charge in [-0.2, -0.15) is 0 Å². The van der Waals surface area contributed by atoms with Crippen LogP contribution in [0.1, 0.15) is 259 Å². The summed E-state index contributed by atoms with van der Waals surface area (Å²) in [6.45, 7) is 10.5. The van der Waals surface area contributed by atoms with Gasteiger partial charge < -0.3 is 20.4 Å². The zero-order valence-corrected chi connectivity index (χ0v) is 36.1. The van der Waals surface area contributed by atoms with Gasteiger partial charge in [0, 0.05) is 48.1 Å². The largest absolute Gasteiger partial charge is 0.396 e. The molecular formula is C44H96O4Ti. The number of hydrogen-bond acceptors (Lipinski definition) is 4. The topological polar surface area (TPSA) is 80.9 Å². The van der Waals surface area contributed by atoms with Gasteiger partial charge in [0.1, 0.15) is 0 Å². The van der Waals surface area contributed by atoms with E-state index in [9.17, 15) is 0 Å². The monoisotopic (exact) mass is 737 g/mol. The van der Waals surface area contributed by atoms with Crippen molar-refractivity contribution >= 4 is 0 Å². The molecule has 0 saturated carbocycles. The van der Waals surface area contributed by atoms with Gasteiger partial charge in [0.2, 0.25) is 0 Å². The van der Waals surface area contributed by atoms with Crippen LogP contribution in [0.3, 0.4) is 0 Å². The molecule has 0 aromatic carbocycles. The van der Waals surface area contributed by atoms with Gasteiger partial charge in [-0.05, 0) is 25.7 Å². The third-order valence-electron chi connectivity index (χ3n) is 9.05. The Labute approximate surface area is 326 Å². The molecule has 0 unspecified atom stereocenters. The Bertz CT molecular complexity index is 333. The number of aliphatic hydroxyl groups excluding tert-OH is 4. The second kappa shape index (κ2) is 66.8. The van der Waals surface area contributed by atoms with Crippen LogP contribution in [0.2, 0.25) is 0 Å². The van der Waals surface area contributed by atoms with Crippen molar-refractivity contribution in [2.45, 2.75) is 259 Å². The third-order valence-corrected chi connectivity index (χ3v) is 9.05. The van der Waals surface area contributed by atoms with E-state index in [1.54, 1.807) is 0 Å². The maximum absolute atomic E-state index is 8.54. The van der Waals surface area contributed by atoms with Gasteiger partial charge in [-0.3, -0.25) is 0 Å². The first kappa shape index (κ1) is 58.9. The standard InChI is InChI=1S/4C11H24O.Ti/c4*1-2-3-4-5-6-7-8-9-10-11-12;/h4*12H,2-11H2,1H3;. The maximum atomic E-state index is 8.54. The van der Waals surface area contributed by atoms with E-state index in [-0.39, 0.29) is 21.7 Å². The van der Waals surface area contributed by atoms with Crippen LogP contribution in [0.25, 0.3) is 0 Å². The Balaban J connectivity index is -0.000000174. The summed E-state index contributed by atoms with van der Waals surface area (Å²) in [7, 11) is 0. The van der Waals surface area contributed by atoms with E-state index in [1.165, 1.54) is 205 Å². The van der Waals surface area contributed by atoms with Gasteiger partial charge in [0.15, 0.2) is 0 Å². The molecule has 0 fully saturated rings. The Hall–Kier alpha value is 0.554. The molecule has 0 aliphatic heterocycles. The van der Waals surface area contributed by atoms with Crippen molar-refractivity contribution in [2.75, 3.05) is 26.4 Å². The van der Waals surface area contributed by atoms with Crippen LogP contribution in [0.5, 0.6) is 0 Å². The smallest absolute Gasteiger partial charge is 0.0431 e. The second-order valence-electron chi connectivity index (χ2n) is 14.2. The SMILES string of the molecule is CCCCCCCCCCCO.CCCCCCCCCCCO.CCCCCCCCCCCO.CCCCCCCCCCCO.[Ti]. The summed E-state index contributed by atoms with van der Waals surface area (Å²) < 4.78 is 0. The second-order valence-corrected chi connectivity index (χ2v) is 14.2. The Morgan fingerprint density at radius 3 is 0.388 bits per heavy atom. The molecule has 0 rings (SSSR count). The average molecular weight is 737 g/mol. The molecule has 49 heavy (non-hydrogen) atoms. The van der Waals surface area contributed by atoms with E-state index in [1.807, 2.05) is 0 Å². The predicted molar refractivity (Wildman–Crippen MR) is 217 cm³/mol. The predicted octanol–water partition coefficient (Wildman–Crippen LogP) is 14.0. The van der Waals surface area contributed by atoms with Crippen LogP contribution in [-0.4, -0.2) is 46.9 Å². The maximum Gasteiger partial charge on any atom is 0.0431 e. The van der Waals surface area contributed by atoms with Crippen molar-refractivity contribution in [2.24, 2.45) is 0 Å². The summed E-state index contributed by atoms with van der Waals surface area (Å²) in [5.74, 6) is 0. The van der Waals surface area contributed by atoms with Crippen LogP contribution >= 0.6 is 0 Å². The Morgan fingerprint density at radius 2 is 0.286 bits per heavy atom. The van der Waals surface area contributed by atoms with Crippen molar-refractivity contribution in [3.63, 3.8) is 0 Å². The van der Waals surface area contributed by atoms with Crippen molar-refractivity contribution in [1.82, 2.24) is 0 Å². The third kappa shape index (κ3) is 78.8. The van der Waals surface area contributed by atoms with E-state index in [4.69, 9.17) is 20.4 Å². The molecule has 0 radical (unpaired) electrons. The van der Waals surface area contributed by atoms with E-state index < -0.39 is 0 Å². The fourth-order valence-corrected chi connectivity index (χ4v) is 5.69. The molecule has 4 N–H and O–H groups in total. The van der Waals surface area contributed by atoms with Crippen molar-refractivity contribution in [1.29, 1.82) is 0 Å². The van der Waals surface area contributed by atoms with Gasteiger partial charge >= 0.3 is 0 Å². The zero-order valence-electron chi connectivity index (χ0n) is 34.6. The Kier molecular flexibility index (Phi) is 80.2. The van der Waals surface area contributed by atoms with E-state index >= 15 is 0 Å². The fourth-order valence-electron chi connectivity index (χ4n) is 5.69. The summed E-state index contributed by atoms with van der Waals surface area (Å²) in [4.78, 5) is 0. The van der Waals surface area contributed by atoms with E-state index in [2.05, 4.69) is 27.7 Å². The molecule has 300 valence electrons. The van der Waals surface area contributed by atoms with Crippen molar-refractivity contribution < 1.29 is 42.1 Å². The molecule has 0 amide bonds. The quantitative estimate of drug-likeness (QED) is 0.0381. The average Bonchev–Trinajstić information content (AvgIpc) is 3.10. The van der Waals surface area contributed by atoms with Crippen molar-refractivity contribution in [3.8, 4) is 0 Å². The van der Waals surface area contributed by atoms with E-state index in [0.29, 0.717) is 26.4 Å². The molecule has 5 heteroatoms. The molecule has 0 saturated heterocycles. The first-order chi connectivity index (χ1) is 23.7. The Morgan fingerprint density at radius 1 is 0.184 bits per heavy atom. The molecule has 0 aliphatic rings. The number of unbranched alkanes of at least 4 members (excludes halogenated alkanes) is 32. The fraction of sp³-hybridized carbons (Fsp3) is 1.00. The van der Waals surface area contributed by atoms with Gasteiger partial charge in [-0.15, -0.1) is 0 Å². The molecular weight excluding hydrogens is 640 g/mol. The number of aliphatic hydroxyl groups is 4. The van der Waals surface area contributed by atoms with Gasteiger partial charge in [-0.25, -0.2) is 0 Å². The van der Waals surface area contributed by atoms with E-state index in [0.717, 1.165) is 25.7 Å². The first-order valence-corrected chi connectivity index (χ1v) is 22.1. The van der Waals surface area contributed by atoms with Crippen molar-refractivity contribution in [3.05, 3.63) is 0 Å². The summed E-state index contributed by atoms with van der Waals surface area (Å²) in [5.41, 5.74) is 0. The van der Waals surface area contributed by atoms with Crippen LogP contribution in [0, 0.1) is 0 Å². The summed E-state index contributed by atoms with van der Waals surface area (Å²) in [6.07, 6.45) is 47.4. The minimum absolute atomic E-state index is 0. The first-order valence-electron chi connectivity index (χ1n) is 22.1. The summed E-state index contributed by atoms with van der Waals surface area (Å²) in [6, 6.07) is 0. The molecule has 0 spiro atoms. The summed E-state index contributed by atoms with van der Waals surface area (Å²) in [5, 5.41) is 34.2. The van der Waals surface area contributed by atoms with Gasteiger partial charge in [-0.1, -0.05) is 233 Å². The molecule has 0 atom stereocenters. The zero-order chi connectivity index (χ0) is 36.3. The molecule has 0 bridgehead atoms. The molecule has 4 nitrogen and oxygen atoms in total. The van der Waals surface area contributed by atoms with Crippen LogP contribution in [-0.2, 0) is 21.7 Å². The molecule has 0 aromatic heterocycles. The molecule has 0 aromatic rings. The minimum atomic E-state index is 0. The minimum Gasteiger partial charge on any atom is -0.396 e. The number of hydrogen-bond donors (Lipinski definition) is 4. The van der Waals surface area contributed by atoms with Crippen LogP contribution < -0.4 is 0 Å². The number of rotatable bonds is 36. The van der Waals surface area contributed by atoms with Crippen LogP contribution in [0.15, 0.2) is 0 Å². The van der Waals surface area contributed by atoms with Gasteiger partial charge in [0.25, 0.3) is 0 Å². The molecule has 0 heterocycles. The molecule has 0 aliphatic carbocycles. The van der Waals surface area contributed by atoms with Gasteiger partial charge in [0.05, 0.1) is 0 Å². The van der Waals surface area contributed by atoms with Crippen LogP contribution in [0.4, 0.5) is 0 Å². The summed E-state index contributed by atoms with van der Waals surface area (Å²) >= 11 is 0.